The highest BCUT2D eigenvalue weighted by molar-refractivity contribution is 5.71. The summed E-state index contributed by atoms with van der Waals surface area (Å²) >= 11 is 0. The Kier molecular flexibility index (Phi) is 4.41. The molecule has 0 aliphatic carbocycles. The van der Waals surface area contributed by atoms with Gasteiger partial charge in [-0.1, -0.05) is 0 Å². The molecule has 2 aromatic rings. The van der Waals surface area contributed by atoms with Gasteiger partial charge < -0.3 is 24.4 Å². The van der Waals surface area contributed by atoms with Crippen LogP contribution in [0.4, 0.5) is 0 Å². The van der Waals surface area contributed by atoms with Crippen molar-refractivity contribution in [3.05, 3.63) is 18.0 Å². The van der Waals surface area contributed by atoms with Gasteiger partial charge in [0.1, 0.15) is 0 Å². The number of rotatable bonds is 6. The monoisotopic (exact) mass is 279 g/mol. The molecular formula is C13H17N3O4. The summed E-state index contributed by atoms with van der Waals surface area (Å²) in [5.74, 6) is 2.36. The number of nitrogens with two attached hydrogens (primary N) is 1. The van der Waals surface area contributed by atoms with Crippen LogP contribution in [0.15, 0.2) is 16.5 Å². The predicted octanol–water partition coefficient (Wildman–Crippen LogP) is 1.26. The number of nitrogens with zero attached hydrogens (tertiary/aromatic N) is 2. The Morgan fingerprint density at radius 1 is 1.05 bits per heavy atom. The van der Waals surface area contributed by atoms with Crippen LogP contribution >= 0.6 is 0 Å². The van der Waals surface area contributed by atoms with E-state index in [2.05, 4.69) is 10.2 Å². The molecule has 0 amide bonds. The summed E-state index contributed by atoms with van der Waals surface area (Å²) in [6.07, 6.45) is 0.530. The van der Waals surface area contributed by atoms with Crippen LogP contribution < -0.4 is 19.9 Å². The first kappa shape index (κ1) is 14.1. The second-order valence-electron chi connectivity index (χ2n) is 3.92. The van der Waals surface area contributed by atoms with E-state index in [0.29, 0.717) is 47.6 Å². The number of hydrogen-bond donors (Lipinski definition) is 1. The van der Waals surface area contributed by atoms with Crippen molar-refractivity contribution in [3.63, 3.8) is 0 Å². The van der Waals surface area contributed by atoms with E-state index in [0.717, 1.165) is 0 Å². The van der Waals surface area contributed by atoms with Crippen LogP contribution in [0.1, 0.15) is 5.89 Å². The third-order valence-electron chi connectivity index (χ3n) is 2.76. The van der Waals surface area contributed by atoms with E-state index < -0.39 is 0 Å². The summed E-state index contributed by atoms with van der Waals surface area (Å²) in [5.41, 5.74) is 6.10. The molecule has 0 unspecified atom stereocenters. The van der Waals surface area contributed by atoms with Gasteiger partial charge in [0.2, 0.25) is 11.6 Å². The zero-order valence-corrected chi connectivity index (χ0v) is 11.7. The summed E-state index contributed by atoms with van der Waals surface area (Å²) in [6.45, 7) is 0.449. The van der Waals surface area contributed by atoms with Gasteiger partial charge in [-0.2, -0.15) is 0 Å². The van der Waals surface area contributed by atoms with Crippen molar-refractivity contribution < 1.29 is 18.6 Å². The highest BCUT2D eigenvalue weighted by atomic mass is 16.5. The predicted molar refractivity (Wildman–Crippen MR) is 72.1 cm³/mol. The smallest absolute Gasteiger partial charge is 0.251 e. The second-order valence-corrected chi connectivity index (χ2v) is 3.92. The largest absolute Gasteiger partial charge is 0.493 e. The first-order chi connectivity index (χ1) is 9.74. The van der Waals surface area contributed by atoms with Crippen LogP contribution in [0.3, 0.4) is 0 Å². The molecular weight excluding hydrogens is 262 g/mol. The SMILES string of the molecule is COc1ccc(-c2nnc(CCN)o2)c(OC)c1OC. The molecule has 0 aliphatic heterocycles. The van der Waals surface area contributed by atoms with E-state index in [1.54, 1.807) is 19.2 Å². The molecule has 1 heterocycles. The molecule has 108 valence electrons. The maximum atomic E-state index is 5.55. The van der Waals surface area contributed by atoms with Crippen LogP contribution in [-0.2, 0) is 6.42 Å². The average molecular weight is 279 g/mol. The van der Waals surface area contributed by atoms with Gasteiger partial charge in [-0.05, 0) is 12.1 Å². The molecule has 0 saturated heterocycles. The maximum Gasteiger partial charge on any atom is 0.251 e. The van der Waals surface area contributed by atoms with E-state index in [4.69, 9.17) is 24.4 Å². The molecule has 0 fully saturated rings. The third-order valence-corrected chi connectivity index (χ3v) is 2.76. The molecule has 7 heteroatoms. The summed E-state index contributed by atoms with van der Waals surface area (Å²) < 4.78 is 21.5. The first-order valence-corrected chi connectivity index (χ1v) is 6.07. The van der Waals surface area contributed by atoms with E-state index >= 15 is 0 Å². The zero-order valence-electron chi connectivity index (χ0n) is 11.7. The van der Waals surface area contributed by atoms with Gasteiger partial charge in [0.25, 0.3) is 5.89 Å². The molecule has 20 heavy (non-hydrogen) atoms. The van der Waals surface area contributed by atoms with Crippen molar-refractivity contribution in [2.24, 2.45) is 5.73 Å². The minimum absolute atomic E-state index is 0.353. The maximum absolute atomic E-state index is 5.55. The van der Waals surface area contributed by atoms with Crippen LogP contribution in [0.25, 0.3) is 11.5 Å². The second kappa shape index (κ2) is 6.25. The number of ether oxygens (including phenoxy) is 3. The van der Waals surface area contributed by atoms with Gasteiger partial charge in [-0.15, -0.1) is 10.2 Å². The molecule has 0 radical (unpaired) electrons. The van der Waals surface area contributed by atoms with Crippen LogP contribution in [0, 0.1) is 0 Å². The Hall–Kier alpha value is -2.28. The van der Waals surface area contributed by atoms with E-state index in [9.17, 15) is 0 Å². The van der Waals surface area contributed by atoms with Crippen molar-refractivity contribution >= 4 is 0 Å². The summed E-state index contributed by atoms with van der Waals surface area (Å²) in [5, 5.41) is 7.93. The Morgan fingerprint density at radius 2 is 1.80 bits per heavy atom. The lowest BCUT2D eigenvalue weighted by Crippen LogP contribution is -2.02. The zero-order chi connectivity index (χ0) is 14.5. The Bertz CT molecular complexity index is 583. The van der Waals surface area contributed by atoms with Crippen LogP contribution in [-0.4, -0.2) is 38.1 Å². The molecule has 0 saturated carbocycles. The lowest BCUT2D eigenvalue weighted by atomic mass is 10.1. The fourth-order valence-electron chi connectivity index (χ4n) is 1.86. The van der Waals surface area contributed by atoms with E-state index in [-0.39, 0.29) is 0 Å². The van der Waals surface area contributed by atoms with Gasteiger partial charge in [-0.25, -0.2) is 0 Å². The first-order valence-electron chi connectivity index (χ1n) is 6.07. The molecule has 1 aromatic carbocycles. The fraction of sp³-hybridized carbons (Fsp3) is 0.385. The van der Waals surface area contributed by atoms with E-state index in [1.165, 1.54) is 14.2 Å². The Labute approximate surface area is 116 Å². The topological polar surface area (TPSA) is 92.6 Å². The van der Waals surface area contributed by atoms with Crippen molar-refractivity contribution in [1.82, 2.24) is 10.2 Å². The van der Waals surface area contributed by atoms with Gasteiger partial charge in [0.15, 0.2) is 11.5 Å². The fourth-order valence-corrected chi connectivity index (χ4v) is 1.86. The van der Waals surface area contributed by atoms with Gasteiger partial charge >= 0.3 is 0 Å². The normalized spacial score (nSPS) is 10.4. The lowest BCUT2D eigenvalue weighted by Gasteiger charge is -2.13. The number of benzene rings is 1. The highest BCUT2D eigenvalue weighted by Crippen LogP contribution is 2.43. The summed E-state index contributed by atoms with van der Waals surface area (Å²) in [6, 6.07) is 3.53. The number of aromatic nitrogens is 2. The quantitative estimate of drug-likeness (QED) is 0.850. The minimum atomic E-state index is 0.353. The number of hydrogen-bond acceptors (Lipinski definition) is 7. The highest BCUT2D eigenvalue weighted by Gasteiger charge is 2.20. The molecule has 0 aliphatic rings. The molecule has 0 spiro atoms. The average Bonchev–Trinajstić information content (AvgIpc) is 2.94. The standard InChI is InChI=1S/C13H17N3O4/c1-17-9-5-4-8(11(18-2)12(9)19-3)13-16-15-10(20-13)6-7-14/h4-5H,6-7,14H2,1-3H3. The van der Waals surface area contributed by atoms with Gasteiger partial charge in [0.05, 0.1) is 26.9 Å². The van der Waals surface area contributed by atoms with Crippen molar-refractivity contribution in [2.75, 3.05) is 27.9 Å². The lowest BCUT2D eigenvalue weighted by molar-refractivity contribution is 0.324. The van der Waals surface area contributed by atoms with Crippen molar-refractivity contribution in [1.29, 1.82) is 0 Å². The molecule has 0 bridgehead atoms. The molecule has 1 aromatic heterocycles. The molecule has 2 rings (SSSR count). The van der Waals surface area contributed by atoms with Crippen molar-refractivity contribution in [3.8, 4) is 28.7 Å². The van der Waals surface area contributed by atoms with E-state index in [1.807, 2.05) is 0 Å². The van der Waals surface area contributed by atoms with Gasteiger partial charge in [-0.3, -0.25) is 0 Å². The Morgan fingerprint density at radius 3 is 2.40 bits per heavy atom. The summed E-state index contributed by atoms with van der Waals surface area (Å²) in [7, 11) is 4.64. The van der Waals surface area contributed by atoms with Crippen LogP contribution in [0.5, 0.6) is 17.2 Å². The third kappa shape index (κ3) is 2.53. The number of methoxy groups -OCH3 is 3. The molecule has 0 atom stereocenters. The minimum Gasteiger partial charge on any atom is -0.493 e. The van der Waals surface area contributed by atoms with Crippen LogP contribution in [0.2, 0.25) is 0 Å². The Balaban J connectivity index is 2.49. The molecule has 7 nitrogen and oxygen atoms in total. The van der Waals surface area contributed by atoms with Crippen molar-refractivity contribution in [2.45, 2.75) is 6.42 Å². The summed E-state index contributed by atoms with van der Waals surface area (Å²) in [4.78, 5) is 0. The van der Waals surface area contributed by atoms with Gasteiger partial charge in [0, 0.05) is 13.0 Å². The molecule has 2 N–H and O–H groups in total.